The molecule has 11 heavy (non-hydrogen) atoms. The smallest absolute Gasteiger partial charge is 0.340 e. The van der Waals surface area contributed by atoms with E-state index in [-0.39, 0.29) is 32.7 Å². The van der Waals surface area contributed by atoms with Crippen LogP contribution in [0.1, 0.15) is 32.6 Å². The maximum absolute atomic E-state index is 10.9. The molecule has 0 radical (unpaired) electrons. The van der Waals surface area contributed by atoms with Crippen LogP contribution in [0.25, 0.3) is 0 Å². The quantitative estimate of drug-likeness (QED) is 0.629. The van der Waals surface area contributed by atoms with Gasteiger partial charge in [-0.2, -0.15) is 5.92 Å². The fraction of sp³-hybridized carbons (Fsp3) is 0.778. The van der Waals surface area contributed by atoms with Crippen LogP contribution < -0.4 is 0 Å². The van der Waals surface area contributed by atoms with E-state index in [4.69, 9.17) is 0 Å². The van der Waals surface area contributed by atoms with Crippen LogP contribution in [0.2, 0.25) is 0 Å². The molecule has 1 aliphatic rings. The minimum absolute atomic E-state index is 0. The predicted octanol–water partition coefficient (Wildman–Crippen LogP) is 2.21. The van der Waals surface area contributed by atoms with Crippen molar-refractivity contribution in [3.05, 3.63) is 6.92 Å². The van der Waals surface area contributed by atoms with E-state index in [1.807, 2.05) is 0 Å². The van der Waals surface area contributed by atoms with Crippen LogP contribution >= 0.6 is 0 Å². The zero-order valence-electron chi connectivity index (χ0n) is 7.18. The van der Waals surface area contributed by atoms with Crippen molar-refractivity contribution in [2.24, 2.45) is 11.8 Å². The van der Waals surface area contributed by atoms with Crippen molar-refractivity contribution in [2.75, 3.05) is 0 Å². The molecule has 0 bridgehead atoms. The second-order valence-electron chi connectivity index (χ2n) is 3.33. The summed E-state index contributed by atoms with van der Waals surface area (Å²) in [7, 11) is 0. The molecule has 0 aromatic heterocycles. The van der Waals surface area contributed by atoms with Crippen molar-refractivity contribution < 1.29 is 37.5 Å². The first-order valence-corrected chi connectivity index (χ1v) is 4.03. The molecule has 2 heteroatoms. The van der Waals surface area contributed by atoms with E-state index in [1.54, 1.807) is 6.92 Å². The molecule has 0 N–H and O–H groups in total. The fourth-order valence-corrected chi connectivity index (χ4v) is 1.57. The van der Waals surface area contributed by atoms with E-state index < -0.39 is 0 Å². The van der Waals surface area contributed by atoms with Crippen LogP contribution in [0.4, 0.5) is 0 Å². The summed E-state index contributed by atoms with van der Waals surface area (Å²) in [4.78, 5) is 10.9. The number of hydrogen-bond acceptors (Lipinski definition) is 1. The Kier molecular flexibility index (Phi) is 5.81. The van der Waals surface area contributed by atoms with Gasteiger partial charge in [-0.15, -0.1) is 0 Å². The third-order valence-electron chi connectivity index (χ3n) is 2.42. The zero-order chi connectivity index (χ0) is 7.56. The maximum Gasteiger partial charge on any atom is 3.00 e. The standard InChI is InChI=1S/C9H15O.Y/c1-7-3-5-9(6-4-7)8(2)10;/h7,9H,1,3-6H2,2H3;/q-1;+3. The average Bonchev–Trinajstić information content (AvgIpc) is 1.88. The molecule has 0 heterocycles. The Balaban J connectivity index is 0.000001000. The van der Waals surface area contributed by atoms with E-state index in [2.05, 4.69) is 6.92 Å². The van der Waals surface area contributed by atoms with Crippen molar-refractivity contribution in [2.45, 2.75) is 32.6 Å². The Morgan fingerprint density at radius 3 is 2.09 bits per heavy atom. The molecule has 1 fully saturated rings. The topological polar surface area (TPSA) is 17.1 Å². The van der Waals surface area contributed by atoms with Crippen LogP contribution in [-0.2, 0) is 37.5 Å². The minimum Gasteiger partial charge on any atom is -0.340 e. The molecule has 1 aliphatic carbocycles. The monoisotopic (exact) mass is 228 g/mol. The van der Waals surface area contributed by atoms with Crippen molar-refractivity contribution in [1.29, 1.82) is 0 Å². The van der Waals surface area contributed by atoms with Gasteiger partial charge >= 0.3 is 32.7 Å². The second-order valence-corrected chi connectivity index (χ2v) is 3.33. The van der Waals surface area contributed by atoms with Crippen molar-refractivity contribution in [3.8, 4) is 0 Å². The summed E-state index contributed by atoms with van der Waals surface area (Å²) in [6.07, 6.45) is 4.43. The van der Waals surface area contributed by atoms with Gasteiger partial charge in [0, 0.05) is 5.92 Å². The summed E-state index contributed by atoms with van der Waals surface area (Å²) < 4.78 is 0. The van der Waals surface area contributed by atoms with Gasteiger partial charge in [0.25, 0.3) is 0 Å². The maximum atomic E-state index is 10.9. The summed E-state index contributed by atoms with van der Waals surface area (Å²) in [5.41, 5.74) is 0. The molecule has 1 rings (SSSR count). The van der Waals surface area contributed by atoms with Gasteiger partial charge in [-0.05, 0) is 19.8 Å². The molecule has 0 amide bonds. The van der Waals surface area contributed by atoms with Gasteiger partial charge in [-0.1, -0.05) is 12.8 Å². The van der Waals surface area contributed by atoms with Crippen molar-refractivity contribution in [3.63, 3.8) is 0 Å². The van der Waals surface area contributed by atoms with Crippen LogP contribution in [0.15, 0.2) is 0 Å². The molecule has 0 aliphatic heterocycles. The van der Waals surface area contributed by atoms with Crippen LogP contribution in [0.3, 0.4) is 0 Å². The Hall–Kier alpha value is 0.774. The first-order valence-electron chi connectivity index (χ1n) is 4.03. The van der Waals surface area contributed by atoms with E-state index in [9.17, 15) is 4.79 Å². The number of Topliss-reactive ketones (excluding diaryl/α,β-unsaturated/α-hetero) is 1. The Morgan fingerprint density at radius 2 is 1.73 bits per heavy atom. The second kappa shape index (κ2) is 5.42. The van der Waals surface area contributed by atoms with E-state index in [1.165, 1.54) is 0 Å². The van der Waals surface area contributed by atoms with Crippen molar-refractivity contribution >= 4 is 5.78 Å². The molecular weight excluding hydrogens is 213 g/mol. The number of carbonyl (C=O) groups is 1. The molecule has 1 nitrogen and oxygen atoms in total. The molecule has 0 saturated heterocycles. The third kappa shape index (κ3) is 3.80. The molecule has 0 aromatic carbocycles. The van der Waals surface area contributed by atoms with Gasteiger partial charge in [0.2, 0.25) is 0 Å². The molecule has 0 aromatic rings. The predicted molar refractivity (Wildman–Crippen MR) is 41.5 cm³/mol. The van der Waals surface area contributed by atoms with E-state index in [0.717, 1.165) is 25.7 Å². The summed E-state index contributed by atoms with van der Waals surface area (Å²) in [6, 6.07) is 0. The van der Waals surface area contributed by atoms with Gasteiger partial charge in [0.1, 0.15) is 5.78 Å². The van der Waals surface area contributed by atoms with Gasteiger partial charge in [-0.25, -0.2) is 0 Å². The molecule has 58 valence electrons. The normalized spacial score (nSPS) is 30.7. The molecule has 0 spiro atoms. The number of rotatable bonds is 1. The van der Waals surface area contributed by atoms with Gasteiger partial charge < -0.3 is 6.92 Å². The number of carbonyl (C=O) groups excluding carboxylic acids is 1. The summed E-state index contributed by atoms with van der Waals surface area (Å²) >= 11 is 0. The Bertz CT molecular complexity index is 126. The summed E-state index contributed by atoms with van der Waals surface area (Å²) in [5, 5.41) is 0. The largest absolute Gasteiger partial charge is 3.00 e. The molecule has 0 unspecified atom stereocenters. The summed E-state index contributed by atoms with van der Waals surface area (Å²) in [6.45, 7) is 5.68. The molecule has 1 saturated carbocycles. The van der Waals surface area contributed by atoms with Gasteiger partial charge in [-0.3, -0.25) is 4.79 Å². The van der Waals surface area contributed by atoms with Crippen LogP contribution in [0.5, 0.6) is 0 Å². The first kappa shape index (κ1) is 11.8. The van der Waals surface area contributed by atoms with E-state index >= 15 is 0 Å². The van der Waals surface area contributed by atoms with Crippen LogP contribution in [0, 0.1) is 18.8 Å². The number of hydrogen-bond donors (Lipinski definition) is 0. The molecular formula is C9H15OY+2. The Morgan fingerprint density at radius 1 is 1.27 bits per heavy atom. The minimum atomic E-state index is 0. The third-order valence-corrected chi connectivity index (χ3v) is 2.42. The summed E-state index contributed by atoms with van der Waals surface area (Å²) in [5.74, 6) is 1.33. The van der Waals surface area contributed by atoms with Crippen LogP contribution in [-0.4, -0.2) is 5.78 Å². The number of ketones is 1. The van der Waals surface area contributed by atoms with Crippen molar-refractivity contribution in [1.82, 2.24) is 0 Å². The van der Waals surface area contributed by atoms with Gasteiger partial charge in [0.15, 0.2) is 0 Å². The van der Waals surface area contributed by atoms with E-state index in [0.29, 0.717) is 17.6 Å². The molecule has 0 atom stereocenters. The average molecular weight is 228 g/mol. The zero-order valence-corrected chi connectivity index (χ0v) is 10.0. The Labute approximate surface area is 94.2 Å². The first-order chi connectivity index (χ1) is 4.70. The van der Waals surface area contributed by atoms with Gasteiger partial charge in [0.05, 0.1) is 0 Å². The SMILES string of the molecule is [CH2-]C1CCC(C(C)=O)CC1.[Y+3]. The fourth-order valence-electron chi connectivity index (χ4n) is 1.57.